The lowest BCUT2D eigenvalue weighted by atomic mass is 9.85. The predicted molar refractivity (Wildman–Crippen MR) is 139 cm³/mol. The number of nitrogens with zero attached hydrogens (tertiary/aromatic N) is 3. The highest BCUT2D eigenvalue weighted by Crippen LogP contribution is 2.40. The molecule has 3 aliphatic heterocycles. The van der Waals surface area contributed by atoms with Crippen LogP contribution < -0.4 is 10.2 Å². The number of nitrogens with one attached hydrogen (secondary N) is 1. The van der Waals surface area contributed by atoms with Gasteiger partial charge in [-0.15, -0.1) is 6.58 Å². The third-order valence-corrected chi connectivity index (χ3v) is 7.81. The molecule has 186 valence electrons. The van der Waals surface area contributed by atoms with E-state index in [2.05, 4.69) is 52.1 Å². The summed E-state index contributed by atoms with van der Waals surface area (Å²) in [5, 5.41) is 2.03. The largest absolute Gasteiger partial charge is 0.497 e. The number of rotatable bonds is 8. The number of carbonyl (C=O) groups is 1. The average molecular weight is 475 g/mol. The maximum atomic E-state index is 12.8. The Morgan fingerprint density at radius 2 is 1.77 bits per heavy atom. The molecule has 2 aromatic rings. The van der Waals surface area contributed by atoms with Gasteiger partial charge in [-0.05, 0) is 61.1 Å². The summed E-state index contributed by atoms with van der Waals surface area (Å²) in [4.78, 5) is 18.1. The summed E-state index contributed by atoms with van der Waals surface area (Å²) < 4.78 is 5.59. The zero-order valence-corrected chi connectivity index (χ0v) is 20.9. The molecule has 0 aromatic heterocycles. The van der Waals surface area contributed by atoms with Crippen molar-refractivity contribution in [3.8, 4) is 5.75 Å². The Balaban J connectivity index is 1.45. The van der Waals surface area contributed by atoms with Gasteiger partial charge in [0.25, 0.3) is 5.91 Å². The molecule has 2 bridgehead atoms. The Hall–Kier alpha value is -2.67. The number of hydrogen-bond donors (Lipinski definition) is 1. The molecule has 0 saturated carbocycles. The monoisotopic (exact) mass is 474 g/mol. The standard InChI is InChI=1S/C29H38N4O2/c1-3-16-31-20-25-9-7-10-26(21-31)33(25)28(24-8-6-11-27(19-24)35-2)22-12-14-23(15-13-22)29(34)30-32-17-4-5-18-32/h3,6,8,11-15,19,25-26,28H,1,4-5,7,9-10,16-18,20-21H2,2H3,(H,30,34). The molecule has 3 fully saturated rings. The summed E-state index contributed by atoms with van der Waals surface area (Å²) in [6.45, 7) is 8.92. The first kappa shape index (κ1) is 24.0. The minimum atomic E-state index is -0.0220. The normalized spacial score (nSPS) is 24.1. The van der Waals surface area contributed by atoms with E-state index in [-0.39, 0.29) is 11.9 Å². The SMILES string of the molecule is C=CCN1CC2CCCC(C1)N2C(c1ccc(C(=O)NN2CCCC2)cc1)c1cccc(OC)c1. The van der Waals surface area contributed by atoms with Crippen LogP contribution in [0.2, 0.25) is 0 Å². The van der Waals surface area contributed by atoms with Gasteiger partial charge < -0.3 is 4.74 Å². The van der Waals surface area contributed by atoms with Crippen LogP contribution in [0.3, 0.4) is 0 Å². The smallest absolute Gasteiger partial charge is 0.265 e. The second-order valence-electron chi connectivity index (χ2n) is 10.1. The minimum Gasteiger partial charge on any atom is -0.497 e. The van der Waals surface area contributed by atoms with Gasteiger partial charge in [-0.25, -0.2) is 5.01 Å². The number of benzene rings is 2. The number of carbonyl (C=O) groups excluding carboxylic acids is 1. The Morgan fingerprint density at radius 1 is 1.06 bits per heavy atom. The number of likely N-dealkylation sites (tertiary alicyclic amines) is 1. The molecule has 0 spiro atoms. The van der Waals surface area contributed by atoms with Crippen LogP contribution in [0.4, 0.5) is 0 Å². The molecule has 2 aromatic carbocycles. The quantitative estimate of drug-likeness (QED) is 0.580. The summed E-state index contributed by atoms with van der Waals surface area (Å²) in [7, 11) is 1.73. The molecular formula is C29H38N4O2. The van der Waals surface area contributed by atoms with Gasteiger partial charge >= 0.3 is 0 Å². The predicted octanol–water partition coefficient (Wildman–Crippen LogP) is 4.25. The van der Waals surface area contributed by atoms with Crippen LogP contribution in [0.15, 0.2) is 61.2 Å². The van der Waals surface area contributed by atoms with Crippen LogP contribution in [0, 0.1) is 0 Å². The number of hydrogen-bond acceptors (Lipinski definition) is 5. The number of ether oxygens (including phenoxy) is 1. The number of amides is 1. The molecule has 1 amide bonds. The van der Waals surface area contributed by atoms with Gasteiger partial charge in [-0.2, -0.15) is 0 Å². The second-order valence-corrected chi connectivity index (χ2v) is 10.1. The topological polar surface area (TPSA) is 48.0 Å². The average Bonchev–Trinajstić information content (AvgIpc) is 3.38. The zero-order valence-electron chi connectivity index (χ0n) is 20.9. The molecule has 6 heteroatoms. The van der Waals surface area contributed by atoms with Crippen LogP contribution in [0.25, 0.3) is 0 Å². The van der Waals surface area contributed by atoms with Gasteiger partial charge in [0.2, 0.25) is 0 Å². The fourth-order valence-corrected chi connectivity index (χ4v) is 6.18. The zero-order chi connectivity index (χ0) is 24.2. The third kappa shape index (κ3) is 5.30. The van der Waals surface area contributed by atoms with Gasteiger partial charge in [0, 0.05) is 50.4 Å². The van der Waals surface area contributed by atoms with E-state index < -0.39 is 0 Å². The summed E-state index contributed by atoms with van der Waals surface area (Å²) in [6, 6.07) is 17.9. The van der Waals surface area contributed by atoms with Crippen molar-refractivity contribution in [3.63, 3.8) is 0 Å². The van der Waals surface area contributed by atoms with E-state index in [1.165, 1.54) is 30.4 Å². The van der Waals surface area contributed by atoms with Crippen molar-refractivity contribution < 1.29 is 9.53 Å². The highest BCUT2D eigenvalue weighted by Gasteiger charge is 2.41. The van der Waals surface area contributed by atoms with Crippen LogP contribution in [-0.2, 0) is 0 Å². The molecule has 0 radical (unpaired) electrons. The molecule has 3 heterocycles. The molecule has 0 aliphatic carbocycles. The van der Waals surface area contributed by atoms with Gasteiger partial charge in [-0.3, -0.25) is 20.0 Å². The van der Waals surface area contributed by atoms with Crippen molar-refractivity contribution in [2.75, 3.05) is 39.8 Å². The van der Waals surface area contributed by atoms with Crippen molar-refractivity contribution >= 4 is 5.91 Å². The van der Waals surface area contributed by atoms with Crippen LogP contribution in [0.1, 0.15) is 59.6 Å². The van der Waals surface area contributed by atoms with Crippen molar-refractivity contribution in [3.05, 3.63) is 77.9 Å². The van der Waals surface area contributed by atoms with Crippen LogP contribution >= 0.6 is 0 Å². The van der Waals surface area contributed by atoms with Crippen LogP contribution in [0.5, 0.6) is 5.75 Å². The number of fused-ring (bicyclic) bond motifs is 2. The Morgan fingerprint density at radius 3 is 2.43 bits per heavy atom. The number of methoxy groups -OCH3 is 1. The molecule has 3 aliphatic rings. The molecule has 35 heavy (non-hydrogen) atoms. The van der Waals surface area contributed by atoms with Gasteiger partial charge in [-0.1, -0.05) is 36.8 Å². The summed E-state index contributed by atoms with van der Waals surface area (Å²) in [5.41, 5.74) is 6.24. The first-order valence-electron chi connectivity index (χ1n) is 13.1. The van der Waals surface area contributed by atoms with Crippen molar-refractivity contribution in [2.24, 2.45) is 0 Å². The molecular weight excluding hydrogens is 436 g/mol. The highest BCUT2D eigenvalue weighted by atomic mass is 16.5. The van der Waals surface area contributed by atoms with E-state index >= 15 is 0 Å². The Bertz CT molecular complexity index is 1000. The Kier molecular flexibility index (Phi) is 7.51. The molecule has 1 N–H and O–H groups in total. The fourth-order valence-electron chi connectivity index (χ4n) is 6.18. The molecule has 3 saturated heterocycles. The lowest BCUT2D eigenvalue weighted by Crippen LogP contribution is -2.61. The van der Waals surface area contributed by atoms with E-state index in [1.807, 2.05) is 29.3 Å². The lowest BCUT2D eigenvalue weighted by Gasteiger charge is -2.53. The summed E-state index contributed by atoms with van der Waals surface area (Å²) in [6.07, 6.45) is 8.01. The minimum absolute atomic E-state index is 0.0220. The number of piperazine rings is 1. The highest BCUT2D eigenvalue weighted by molar-refractivity contribution is 5.93. The van der Waals surface area contributed by atoms with E-state index in [0.717, 1.165) is 51.3 Å². The fraction of sp³-hybridized carbons (Fsp3) is 0.483. The number of hydrazine groups is 1. The van der Waals surface area contributed by atoms with E-state index in [4.69, 9.17) is 4.74 Å². The van der Waals surface area contributed by atoms with E-state index in [1.54, 1.807) is 7.11 Å². The van der Waals surface area contributed by atoms with Crippen molar-refractivity contribution in [1.82, 2.24) is 20.2 Å². The first-order chi connectivity index (χ1) is 17.2. The second kappa shape index (κ2) is 10.9. The lowest BCUT2D eigenvalue weighted by molar-refractivity contribution is -0.0250. The van der Waals surface area contributed by atoms with Gasteiger partial charge in [0.1, 0.15) is 5.75 Å². The van der Waals surface area contributed by atoms with Gasteiger partial charge in [0.15, 0.2) is 0 Å². The maximum Gasteiger partial charge on any atom is 0.265 e. The third-order valence-electron chi connectivity index (χ3n) is 7.81. The maximum absolute atomic E-state index is 12.8. The number of piperidine rings is 1. The van der Waals surface area contributed by atoms with Crippen molar-refractivity contribution in [1.29, 1.82) is 0 Å². The van der Waals surface area contributed by atoms with Crippen molar-refractivity contribution in [2.45, 2.75) is 50.2 Å². The van der Waals surface area contributed by atoms with Crippen LogP contribution in [-0.4, -0.2) is 72.6 Å². The molecule has 3 atom stereocenters. The summed E-state index contributed by atoms with van der Waals surface area (Å²) >= 11 is 0. The summed E-state index contributed by atoms with van der Waals surface area (Å²) in [5.74, 6) is 0.857. The molecule has 3 unspecified atom stereocenters. The van der Waals surface area contributed by atoms with E-state index in [9.17, 15) is 4.79 Å². The molecule has 6 nitrogen and oxygen atoms in total. The van der Waals surface area contributed by atoms with Gasteiger partial charge in [0.05, 0.1) is 13.2 Å². The first-order valence-corrected chi connectivity index (χ1v) is 13.1. The molecule has 5 rings (SSSR count). The van der Waals surface area contributed by atoms with E-state index in [0.29, 0.717) is 17.6 Å². The Labute approximate surface area is 209 Å².